The molecule has 0 aromatic heterocycles. The number of aliphatic hydroxyl groups excluding tert-OH is 1. The molecule has 0 heterocycles. The number of hydrogen-bond donors (Lipinski definition) is 4. The van der Waals surface area contributed by atoms with Gasteiger partial charge in [0.2, 0.25) is 0 Å². The molecule has 0 amide bonds. The average molecular weight is 180 g/mol. The Kier molecular flexibility index (Phi) is 7.96. The van der Waals surface area contributed by atoms with Gasteiger partial charge in [0, 0.05) is 6.42 Å². The second kappa shape index (κ2) is 6.18. The number of rotatable bonds is 4. The first-order chi connectivity index (χ1) is 4.42. The van der Waals surface area contributed by atoms with Gasteiger partial charge in [0.15, 0.2) is 6.29 Å². The molecule has 4 N–H and O–H groups in total. The van der Waals surface area contributed by atoms with Gasteiger partial charge in [-0.1, -0.05) is 0 Å². The van der Waals surface area contributed by atoms with Crippen LogP contribution in [0.2, 0.25) is 0 Å². The summed E-state index contributed by atoms with van der Waals surface area (Å²) in [5.74, 6) is 0. The molecule has 0 aliphatic rings. The third-order valence-electron chi connectivity index (χ3n) is 0.636. The molecule has 0 saturated heterocycles. The van der Waals surface area contributed by atoms with Crippen molar-refractivity contribution in [3.8, 4) is 0 Å². The Bertz CT molecular complexity index is 137. The molecule has 0 bridgehead atoms. The smallest absolute Gasteiger partial charge is 1.00 e. The maximum atomic E-state index is 9.92. The Hall–Kier alpha value is 0.627. The van der Waals surface area contributed by atoms with Gasteiger partial charge < -0.3 is 21.4 Å². The summed E-state index contributed by atoms with van der Waals surface area (Å²) in [6.07, 6.45) is -1.81. The van der Waals surface area contributed by atoms with E-state index in [0.29, 0.717) is 0 Å². The third kappa shape index (κ3) is 13.6. The fourth-order valence-electron chi connectivity index (χ4n) is 0.277. The van der Waals surface area contributed by atoms with Gasteiger partial charge in [0.05, 0.1) is 6.61 Å². The Morgan fingerprint density at radius 2 is 1.91 bits per heavy atom. The number of aliphatic hydroxyl groups is 2. The van der Waals surface area contributed by atoms with E-state index in [2.05, 4.69) is 4.52 Å². The van der Waals surface area contributed by atoms with Gasteiger partial charge >= 0.3 is 26.7 Å². The molecule has 8 heteroatoms. The van der Waals surface area contributed by atoms with Crippen LogP contribution in [0.15, 0.2) is 0 Å². The van der Waals surface area contributed by atoms with Gasteiger partial charge in [-0.05, 0) is 0 Å². The minimum atomic E-state index is -4.44. The van der Waals surface area contributed by atoms with Crippen molar-refractivity contribution in [1.82, 2.24) is 0 Å². The minimum absolute atomic E-state index is 0. The van der Waals surface area contributed by atoms with E-state index in [4.69, 9.17) is 20.0 Å². The summed E-state index contributed by atoms with van der Waals surface area (Å²) in [7, 11) is -4.44. The molecule has 0 aliphatic carbocycles. The van der Waals surface area contributed by atoms with Crippen LogP contribution >= 0.6 is 7.82 Å². The first kappa shape index (κ1) is 14.2. The molecule has 11 heavy (non-hydrogen) atoms. The van der Waals surface area contributed by atoms with Crippen molar-refractivity contribution in [2.24, 2.45) is 0 Å². The summed E-state index contributed by atoms with van der Waals surface area (Å²) in [4.78, 5) is 16.1. The molecular weight excluding hydrogens is 170 g/mol. The van der Waals surface area contributed by atoms with Crippen LogP contribution in [0.25, 0.3) is 0 Å². The fourth-order valence-corrected chi connectivity index (χ4v) is 0.620. The molecule has 0 atom stereocenters. The number of hydrogen-bond acceptors (Lipinski definition) is 4. The molecule has 0 spiro atoms. The quantitative estimate of drug-likeness (QED) is 0.199. The standard InChI is InChI=1S/C3H9O6P.Li.H/c4-3(5)1-2-9-10(6,7)8;;/h3-5H,1-2H2,(H2,6,7,8);;/q;+1;-1. The molecule has 0 aromatic rings. The Balaban J connectivity index is -0.000000405. The minimum Gasteiger partial charge on any atom is -1.00 e. The topological polar surface area (TPSA) is 107 Å². The van der Waals surface area contributed by atoms with E-state index in [1.165, 1.54) is 0 Å². The fraction of sp³-hybridized carbons (Fsp3) is 1.00. The van der Waals surface area contributed by atoms with E-state index in [0.717, 1.165) is 0 Å². The van der Waals surface area contributed by atoms with Crippen LogP contribution in [0.1, 0.15) is 7.85 Å². The van der Waals surface area contributed by atoms with E-state index in [9.17, 15) is 4.57 Å². The predicted molar refractivity (Wildman–Crippen MR) is 32.0 cm³/mol. The van der Waals surface area contributed by atoms with Crippen molar-refractivity contribution in [3.05, 3.63) is 0 Å². The van der Waals surface area contributed by atoms with Gasteiger partial charge in [-0.3, -0.25) is 4.52 Å². The second-order valence-corrected chi connectivity index (χ2v) is 2.83. The van der Waals surface area contributed by atoms with Crippen LogP contribution in [0.4, 0.5) is 0 Å². The summed E-state index contributed by atoms with van der Waals surface area (Å²) < 4.78 is 13.8. The van der Waals surface area contributed by atoms with Crippen LogP contribution in [0.5, 0.6) is 0 Å². The molecule has 0 aliphatic heterocycles. The van der Waals surface area contributed by atoms with Crippen molar-refractivity contribution in [3.63, 3.8) is 0 Å². The van der Waals surface area contributed by atoms with E-state index in [1.54, 1.807) is 0 Å². The predicted octanol–water partition coefficient (Wildman–Crippen LogP) is -4.09. The van der Waals surface area contributed by atoms with Gasteiger partial charge in [0.1, 0.15) is 0 Å². The van der Waals surface area contributed by atoms with Crippen LogP contribution in [-0.2, 0) is 9.09 Å². The number of phosphoric acid groups is 1. The van der Waals surface area contributed by atoms with E-state index >= 15 is 0 Å². The number of phosphoric ester groups is 1. The second-order valence-electron chi connectivity index (χ2n) is 1.59. The van der Waals surface area contributed by atoms with Gasteiger partial charge in [-0.15, -0.1) is 0 Å². The van der Waals surface area contributed by atoms with Crippen LogP contribution in [0.3, 0.4) is 0 Å². The molecular formula is C3H10LiO6P. The van der Waals surface area contributed by atoms with Gasteiger partial charge in [0.25, 0.3) is 0 Å². The molecule has 64 valence electrons. The van der Waals surface area contributed by atoms with Crippen molar-refractivity contribution in [2.45, 2.75) is 12.7 Å². The largest absolute Gasteiger partial charge is 1.00 e. The Morgan fingerprint density at radius 3 is 2.18 bits per heavy atom. The van der Waals surface area contributed by atoms with Crippen LogP contribution in [-0.4, -0.2) is 32.9 Å². The van der Waals surface area contributed by atoms with Crippen molar-refractivity contribution in [1.29, 1.82) is 0 Å². The Labute approximate surface area is 77.1 Å². The molecule has 0 saturated carbocycles. The van der Waals surface area contributed by atoms with E-state index in [-0.39, 0.29) is 33.3 Å². The van der Waals surface area contributed by atoms with Crippen molar-refractivity contribution >= 4 is 7.82 Å². The summed E-state index contributed by atoms with van der Waals surface area (Å²) in [6, 6.07) is 0. The maximum absolute atomic E-state index is 9.92. The van der Waals surface area contributed by atoms with E-state index < -0.39 is 14.1 Å². The average Bonchev–Trinajstić information content (AvgIpc) is 1.59. The zero-order chi connectivity index (χ0) is 8.20. The first-order valence-electron chi connectivity index (χ1n) is 2.48. The summed E-state index contributed by atoms with van der Waals surface area (Å²) in [5.41, 5.74) is 0. The maximum Gasteiger partial charge on any atom is 1.00 e. The summed E-state index contributed by atoms with van der Waals surface area (Å²) >= 11 is 0. The molecule has 0 unspecified atom stereocenters. The monoisotopic (exact) mass is 180 g/mol. The molecule has 0 radical (unpaired) electrons. The van der Waals surface area contributed by atoms with Crippen LogP contribution < -0.4 is 18.9 Å². The molecule has 0 rings (SSSR count). The molecule has 0 aromatic carbocycles. The normalized spacial score (nSPS) is 11.4. The zero-order valence-electron chi connectivity index (χ0n) is 7.04. The SMILES string of the molecule is O=P(O)(O)OCCC(O)O.[H-].[Li+]. The third-order valence-corrected chi connectivity index (χ3v) is 1.15. The molecule has 0 fully saturated rings. The van der Waals surface area contributed by atoms with Gasteiger partial charge in [-0.25, -0.2) is 4.57 Å². The zero-order valence-corrected chi connectivity index (χ0v) is 6.94. The van der Waals surface area contributed by atoms with Gasteiger partial charge in [-0.2, -0.15) is 0 Å². The van der Waals surface area contributed by atoms with Crippen molar-refractivity contribution in [2.75, 3.05) is 6.61 Å². The summed E-state index contributed by atoms with van der Waals surface area (Å²) in [5, 5.41) is 16.3. The first-order valence-corrected chi connectivity index (χ1v) is 4.01. The van der Waals surface area contributed by atoms with E-state index in [1.807, 2.05) is 0 Å². The summed E-state index contributed by atoms with van der Waals surface area (Å²) in [6.45, 7) is -0.373. The molecule has 6 nitrogen and oxygen atoms in total. The Morgan fingerprint density at radius 1 is 1.45 bits per heavy atom. The van der Waals surface area contributed by atoms with Crippen molar-refractivity contribution < 1.29 is 49.4 Å². The van der Waals surface area contributed by atoms with Crippen LogP contribution in [0, 0.1) is 0 Å².